The van der Waals surface area contributed by atoms with Gasteiger partial charge in [-0.1, -0.05) is 36.4 Å². The van der Waals surface area contributed by atoms with Crippen LogP contribution in [0.1, 0.15) is 26.3 Å². The predicted molar refractivity (Wildman–Crippen MR) is 81.5 cm³/mol. The summed E-state index contributed by atoms with van der Waals surface area (Å²) in [6.07, 6.45) is 0. The highest BCUT2D eigenvalue weighted by molar-refractivity contribution is 5.95. The normalized spacial score (nSPS) is 9.23. The lowest BCUT2D eigenvalue weighted by atomic mass is 10.1. The molecule has 0 fully saturated rings. The zero-order chi connectivity index (χ0) is 16.4. The standard InChI is InChI=1S/C10H10O4.C7H8O/c1-13-9(11)7-4-3-5-8(6-7)10(12)14-2;8-6-7-4-2-1-3-5-7/h3-6H,1-2H3;1-5,8H,6H2. The van der Waals surface area contributed by atoms with Gasteiger partial charge in [-0.2, -0.15) is 0 Å². The van der Waals surface area contributed by atoms with Crippen LogP contribution < -0.4 is 0 Å². The van der Waals surface area contributed by atoms with E-state index in [9.17, 15) is 9.59 Å². The minimum Gasteiger partial charge on any atom is -0.465 e. The highest BCUT2D eigenvalue weighted by atomic mass is 16.5. The van der Waals surface area contributed by atoms with Crippen LogP contribution in [0.15, 0.2) is 54.6 Å². The number of rotatable bonds is 3. The summed E-state index contributed by atoms with van der Waals surface area (Å²) in [7, 11) is 2.57. The van der Waals surface area contributed by atoms with E-state index in [1.54, 1.807) is 18.2 Å². The Morgan fingerprint density at radius 2 is 1.36 bits per heavy atom. The van der Waals surface area contributed by atoms with Gasteiger partial charge in [0, 0.05) is 0 Å². The molecule has 0 aromatic heterocycles. The van der Waals surface area contributed by atoms with Gasteiger partial charge in [-0.25, -0.2) is 9.59 Å². The number of ether oxygens (including phenoxy) is 2. The van der Waals surface area contributed by atoms with Crippen molar-refractivity contribution < 1.29 is 24.2 Å². The van der Waals surface area contributed by atoms with Crippen LogP contribution in [0.5, 0.6) is 0 Å². The third-order valence-corrected chi connectivity index (χ3v) is 2.73. The zero-order valence-corrected chi connectivity index (χ0v) is 12.5. The van der Waals surface area contributed by atoms with Crippen LogP contribution in [0.2, 0.25) is 0 Å². The summed E-state index contributed by atoms with van der Waals surface area (Å²) in [6, 6.07) is 15.7. The van der Waals surface area contributed by atoms with Crippen molar-refractivity contribution in [3.8, 4) is 0 Å². The van der Waals surface area contributed by atoms with Crippen molar-refractivity contribution in [2.24, 2.45) is 0 Å². The van der Waals surface area contributed by atoms with E-state index >= 15 is 0 Å². The van der Waals surface area contributed by atoms with Gasteiger partial charge in [0.2, 0.25) is 0 Å². The second-order valence-electron chi connectivity index (χ2n) is 4.21. The van der Waals surface area contributed by atoms with Crippen LogP contribution in [-0.4, -0.2) is 31.3 Å². The molecule has 2 aromatic rings. The Hall–Kier alpha value is -2.66. The molecular formula is C17H18O5. The van der Waals surface area contributed by atoms with Crippen molar-refractivity contribution >= 4 is 11.9 Å². The van der Waals surface area contributed by atoms with Gasteiger partial charge in [-0.05, 0) is 23.8 Å². The van der Waals surface area contributed by atoms with E-state index in [0.717, 1.165) is 5.56 Å². The summed E-state index contributed by atoms with van der Waals surface area (Å²) in [6.45, 7) is 0.140. The Morgan fingerprint density at radius 1 is 0.864 bits per heavy atom. The van der Waals surface area contributed by atoms with Crippen molar-refractivity contribution in [3.05, 3.63) is 71.3 Å². The summed E-state index contributed by atoms with van der Waals surface area (Å²) in [5.74, 6) is -0.952. The fraction of sp³-hybridized carbons (Fsp3) is 0.176. The van der Waals surface area contributed by atoms with E-state index < -0.39 is 11.9 Å². The fourth-order valence-corrected chi connectivity index (χ4v) is 1.59. The third kappa shape index (κ3) is 5.38. The number of hydrogen-bond donors (Lipinski definition) is 1. The first kappa shape index (κ1) is 17.4. The largest absolute Gasteiger partial charge is 0.465 e. The number of esters is 2. The summed E-state index contributed by atoms with van der Waals surface area (Å²) in [5, 5.41) is 8.54. The van der Waals surface area contributed by atoms with Gasteiger partial charge in [-0.15, -0.1) is 0 Å². The molecule has 5 heteroatoms. The van der Waals surface area contributed by atoms with Gasteiger partial charge in [0.15, 0.2) is 0 Å². The SMILES string of the molecule is COC(=O)c1cccc(C(=O)OC)c1.OCc1ccccc1. The third-order valence-electron chi connectivity index (χ3n) is 2.73. The van der Waals surface area contributed by atoms with Crippen LogP contribution in [0, 0.1) is 0 Å². The first-order chi connectivity index (χ1) is 10.6. The Kier molecular flexibility index (Phi) is 7.36. The van der Waals surface area contributed by atoms with Crippen molar-refractivity contribution in [3.63, 3.8) is 0 Å². The molecule has 0 spiro atoms. The highest BCUT2D eigenvalue weighted by Gasteiger charge is 2.09. The average molecular weight is 302 g/mol. The Bertz CT molecular complexity index is 576. The molecule has 1 N–H and O–H groups in total. The number of methoxy groups -OCH3 is 2. The van der Waals surface area contributed by atoms with E-state index in [1.165, 1.54) is 20.3 Å². The monoisotopic (exact) mass is 302 g/mol. The predicted octanol–water partition coefficient (Wildman–Crippen LogP) is 2.44. The van der Waals surface area contributed by atoms with E-state index in [-0.39, 0.29) is 6.61 Å². The molecule has 0 saturated carbocycles. The molecule has 22 heavy (non-hydrogen) atoms. The van der Waals surface area contributed by atoms with Crippen LogP contribution in [0.4, 0.5) is 0 Å². The first-order valence-corrected chi connectivity index (χ1v) is 6.53. The molecular weight excluding hydrogens is 284 g/mol. The van der Waals surface area contributed by atoms with Crippen molar-refractivity contribution in [2.75, 3.05) is 14.2 Å². The second kappa shape index (κ2) is 9.31. The molecule has 2 aromatic carbocycles. The lowest BCUT2D eigenvalue weighted by Crippen LogP contribution is -2.05. The second-order valence-corrected chi connectivity index (χ2v) is 4.21. The number of hydrogen-bond acceptors (Lipinski definition) is 5. The van der Waals surface area contributed by atoms with Crippen LogP contribution in [-0.2, 0) is 16.1 Å². The molecule has 0 radical (unpaired) electrons. The van der Waals surface area contributed by atoms with E-state index in [1.807, 2.05) is 30.3 Å². The fourth-order valence-electron chi connectivity index (χ4n) is 1.59. The summed E-state index contributed by atoms with van der Waals surface area (Å²) < 4.78 is 9.03. The molecule has 0 unspecified atom stereocenters. The number of carbonyl (C=O) groups excluding carboxylic acids is 2. The molecule has 0 aliphatic rings. The van der Waals surface area contributed by atoms with Gasteiger partial charge in [0.1, 0.15) is 0 Å². The van der Waals surface area contributed by atoms with Crippen molar-refractivity contribution in [1.82, 2.24) is 0 Å². The Labute approximate surface area is 129 Å². The minimum atomic E-state index is -0.476. The smallest absolute Gasteiger partial charge is 0.337 e. The summed E-state index contributed by atoms with van der Waals surface area (Å²) in [4.78, 5) is 22.2. The first-order valence-electron chi connectivity index (χ1n) is 6.53. The van der Waals surface area contributed by atoms with E-state index in [2.05, 4.69) is 9.47 Å². The average Bonchev–Trinajstić information content (AvgIpc) is 2.61. The highest BCUT2D eigenvalue weighted by Crippen LogP contribution is 2.07. The topological polar surface area (TPSA) is 72.8 Å². The molecule has 2 rings (SSSR count). The zero-order valence-electron chi connectivity index (χ0n) is 12.5. The van der Waals surface area contributed by atoms with Gasteiger partial charge in [0.05, 0.1) is 32.0 Å². The van der Waals surface area contributed by atoms with E-state index in [0.29, 0.717) is 11.1 Å². The summed E-state index contributed by atoms with van der Waals surface area (Å²) >= 11 is 0. The quantitative estimate of drug-likeness (QED) is 0.882. The Balaban J connectivity index is 0.000000255. The number of aliphatic hydroxyl groups is 1. The molecule has 5 nitrogen and oxygen atoms in total. The maximum absolute atomic E-state index is 11.1. The number of aliphatic hydroxyl groups excluding tert-OH is 1. The minimum absolute atomic E-state index is 0.140. The van der Waals surface area contributed by atoms with Gasteiger partial charge in [-0.3, -0.25) is 0 Å². The summed E-state index contributed by atoms with van der Waals surface area (Å²) in [5.41, 5.74) is 1.62. The van der Waals surface area contributed by atoms with E-state index in [4.69, 9.17) is 5.11 Å². The molecule has 116 valence electrons. The van der Waals surface area contributed by atoms with Crippen LogP contribution in [0.3, 0.4) is 0 Å². The van der Waals surface area contributed by atoms with Gasteiger partial charge in [0.25, 0.3) is 0 Å². The molecule has 0 aliphatic carbocycles. The number of carbonyl (C=O) groups is 2. The Morgan fingerprint density at radius 3 is 1.73 bits per heavy atom. The molecule has 0 saturated heterocycles. The molecule has 0 aliphatic heterocycles. The van der Waals surface area contributed by atoms with Gasteiger partial charge >= 0.3 is 11.9 Å². The van der Waals surface area contributed by atoms with Crippen LogP contribution >= 0.6 is 0 Å². The molecule has 0 amide bonds. The molecule has 0 bridgehead atoms. The van der Waals surface area contributed by atoms with Crippen molar-refractivity contribution in [1.29, 1.82) is 0 Å². The maximum Gasteiger partial charge on any atom is 0.337 e. The number of benzene rings is 2. The lowest BCUT2D eigenvalue weighted by molar-refractivity contribution is 0.0599. The van der Waals surface area contributed by atoms with Crippen molar-refractivity contribution in [2.45, 2.75) is 6.61 Å². The molecule has 0 atom stereocenters. The lowest BCUT2D eigenvalue weighted by Gasteiger charge is -2.01. The van der Waals surface area contributed by atoms with Gasteiger partial charge < -0.3 is 14.6 Å². The molecule has 0 heterocycles. The maximum atomic E-state index is 11.1. The van der Waals surface area contributed by atoms with Crippen LogP contribution in [0.25, 0.3) is 0 Å².